The van der Waals surface area contributed by atoms with Crippen LogP contribution in [0.25, 0.3) is 10.1 Å². The molecule has 1 atom stereocenters. The lowest BCUT2D eigenvalue weighted by molar-refractivity contribution is 0.601. The highest BCUT2D eigenvalue weighted by atomic mass is 32.1. The van der Waals surface area contributed by atoms with Crippen LogP contribution in [-0.2, 0) is 6.42 Å². The molecule has 0 amide bonds. The summed E-state index contributed by atoms with van der Waals surface area (Å²) in [6, 6.07) is 20.0. The van der Waals surface area contributed by atoms with Crippen molar-refractivity contribution in [2.45, 2.75) is 19.4 Å². The summed E-state index contributed by atoms with van der Waals surface area (Å²) in [5.74, 6) is 0. The molecule has 1 unspecified atom stereocenters. The molecule has 3 aromatic rings. The van der Waals surface area contributed by atoms with Gasteiger partial charge in [-0.05, 0) is 49.0 Å². The van der Waals surface area contributed by atoms with Crippen molar-refractivity contribution in [1.29, 1.82) is 0 Å². The van der Waals surface area contributed by atoms with Gasteiger partial charge in [0.15, 0.2) is 0 Å². The highest BCUT2D eigenvalue weighted by molar-refractivity contribution is 7.19. The van der Waals surface area contributed by atoms with E-state index in [-0.39, 0.29) is 0 Å². The van der Waals surface area contributed by atoms with Crippen molar-refractivity contribution in [3.63, 3.8) is 0 Å². The molecule has 1 N–H and O–H groups in total. The molecule has 0 aliphatic heterocycles. The minimum atomic E-state index is 0.383. The van der Waals surface area contributed by atoms with Crippen LogP contribution < -0.4 is 5.32 Å². The van der Waals surface area contributed by atoms with Gasteiger partial charge in [-0.15, -0.1) is 11.3 Å². The fraction of sp³-hybridized carbons (Fsp3) is 0.222. The second-order valence-electron chi connectivity index (χ2n) is 5.16. The average molecular weight is 281 g/mol. The number of likely N-dealkylation sites (N-methyl/N-ethyl adjacent to an activating group) is 1. The monoisotopic (exact) mass is 281 g/mol. The number of benzene rings is 2. The Morgan fingerprint density at radius 3 is 2.55 bits per heavy atom. The van der Waals surface area contributed by atoms with Crippen molar-refractivity contribution in [3.8, 4) is 0 Å². The van der Waals surface area contributed by atoms with E-state index >= 15 is 0 Å². The lowest BCUT2D eigenvalue weighted by Crippen LogP contribution is -2.18. The van der Waals surface area contributed by atoms with Crippen LogP contribution in [0.2, 0.25) is 0 Å². The van der Waals surface area contributed by atoms with Crippen LogP contribution in [0.3, 0.4) is 0 Å². The highest BCUT2D eigenvalue weighted by Gasteiger charge is 2.14. The van der Waals surface area contributed by atoms with E-state index in [1.165, 1.54) is 26.1 Å². The molecule has 0 aliphatic carbocycles. The molecular weight excluding hydrogens is 262 g/mol. The summed E-state index contributed by atoms with van der Waals surface area (Å²) in [5.41, 5.74) is 2.79. The first-order valence-electron chi connectivity index (χ1n) is 6.98. The number of hydrogen-bond acceptors (Lipinski definition) is 2. The van der Waals surface area contributed by atoms with Crippen molar-refractivity contribution in [1.82, 2.24) is 5.32 Å². The molecule has 0 radical (unpaired) electrons. The summed E-state index contributed by atoms with van der Waals surface area (Å²) >= 11 is 1.89. The first-order valence-corrected chi connectivity index (χ1v) is 7.80. The topological polar surface area (TPSA) is 12.0 Å². The van der Waals surface area contributed by atoms with E-state index in [1.807, 2.05) is 18.4 Å². The number of thiophene rings is 1. The van der Waals surface area contributed by atoms with E-state index < -0.39 is 0 Å². The SMILES string of the molecule is CNC(Cc1ccccc1C)c1cc2ccccc2s1. The van der Waals surface area contributed by atoms with Crippen molar-refractivity contribution in [2.24, 2.45) is 0 Å². The summed E-state index contributed by atoms with van der Waals surface area (Å²) in [7, 11) is 2.05. The second kappa shape index (κ2) is 5.78. The van der Waals surface area contributed by atoms with Crippen LogP contribution in [0.1, 0.15) is 22.0 Å². The van der Waals surface area contributed by atoms with Gasteiger partial charge in [0.1, 0.15) is 0 Å². The first kappa shape index (κ1) is 13.3. The molecule has 2 aromatic carbocycles. The maximum atomic E-state index is 3.47. The van der Waals surface area contributed by atoms with E-state index in [4.69, 9.17) is 0 Å². The maximum Gasteiger partial charge on any atom is 0.0453 e. The lowest BCUT2D eigenvalue weighted by atomic mass is 10.00. The Morgan fingerprint density at radius 2 is 1.80 bits per heavy atom. The zero-order valence-corrected chi connectivity index (χ0v) is 12.7. The molecule has 1 heterocycles. The highest BCUT2D eigenvalue weighted by Crippen LogP contribution is 2.31. The maximum absolute atomic E-state index is 3.47. The molecule has 0 fully saturated rings. The van der Waals surface area contributed by atoms with Crippen LogP contribution in [0.15, 0.2) is 54.6 Å². The molecule has 102 valence electrons. The Bertz CT molecular complexity index is 681. The minimum Gasteiger partial charge on any atom is -0.312 e. The first-order chi connectivity index (χ1) is 9.78. The molecule has 20 heavy (non-hydrogen) atoms. The molecule has 0 aliphatic rings. The van der Waals surface area contributed by atoms with Crippen molar-refractivity contribution in [3.05, 3.63) is 70.6 Å². The van der Waals surface area contributed by atoms with Crippen LogP contribution in [0, 0.1) is 6.92 Å². The molecule has 3 rings (SSSR count). The summed E-state index contributed by atoms with van der Waals surface area (Å²) < 4.78 is 1.37. The fourth-order valence-corrected chi connectivity index (χ4v) is 3.75. The Kier molecular flexibility index (Phi) is 3.86. The Labute approximate surface area is 124 Å². The zero-order valence-electron chi connectivity index (χ0n) is 11.9. The van der Waals surface area contributed by atoms with Crippen LogP contribution in [-0.4, -0.2) is 7.05 Å². The van der Waals surface area contributed by atoms with E-state index in [0.29, 0.717) is 6.04 Å². The number of fused-ring (bicyclic) bond motifs is 1. The zero-order chi connectivity index (χ0) is 13.9. The molecule has 0 spiro atoms. The summed E-state index contributed by atoms with van der Waals surface area (Å²) in [4.78, 5) is 1.41. The van der Waals surface area contributed by atoms with Crippen molar-refractivity contribution < 1.29 is 0 Å². The second-order valence-corrected chi connectivity index (χ2v) is 6.27. The largest absolute Gasteiger partial charge is 0.312 e. The number of rotatable bonds is 4. The van der Waals surface area contributed by atoms with Crippen LogP contribution >= 0.6 is 11.3 Å². The van der Waals surface area contributed by atoms with Gasteiger partial charge >= 0.3 is 0 Å². The molecule has 0 saturated heterocycles. The van der Waals surface area contributed by atoms with Gasteiger partial charge < -0.3 is 5.32 Å². The number of hydrogen-bond donors (Lipinski definition) is 1. The summed E-state index contributed by atoms with van der Waals surface area (Å²) in [6.45, 7) is 2.19. The molecule has 2 heteroatoms. The van der Waals surface area contributed by atoms with Gasteiger partial charge in [0.2, 0.25) is 0 Å². The third kappa shape index (κ3) is 2.62. The third-order valence-corrected chi connectivity index (χ3v) is 5.05. The minimum absolute atomic E-state index is 0.383. The number of nitrogens with one attached hydrogen (secondary N) is 1. The molecule has 1 aromatic heterocycles. The van der Waals surface area contributed by atoms with Gasteiger partial charge in [-0.1, -0.05) is 42.5 Å². The molecule has 0 saturated carbocycles. The Balaban J connectivity index is 1.91. The number of aryl methyl sites for hydroxylation is 1. The van der Waals surface area contributed by atoms with Gasteiger partial charge in [-0.2, -0.15) is 0 Å². The molecule has 0 bridgehead atoms. The summed E-state index contributed by atoms with van der Waals surface area (Å²) in [5, 5.41) is 4.81. The fourth-order valence-electron chi connectivity index (χ4n) is 2.58. The van der Waals surface area contributed by atoms with Gasteiger partial charge in [0.05, 0.1) is 0 Å². The van der Waals surface area contributed by atoms with E-state index in [1.54, 1.807) is 0 Å². The van der Waals surface area contributed by atoms with E-state index in [0.717, 1.165) is 6.42 Å². The summed E-state index contributed by atoms with van der Waals surface area (Å²) in [6.07, 6.45) is 1.04. The van der Waals surface area contributed by atoms with E-state index in [9.17, 15) is 0 Å². The Morgan fingerprint density at radius 1 is 1.05 bits per heavy atom. The van der Waals surface area contributed by atoms with Crippen molar-refractivity contribution in [2.75, 3.05) is 7.05 Å². The quantitative estimate of drug-likeness (QED) is 0.730. The third-order valence-electron chi connectivity index (χ3n) is 3.82. The van der Waals surface area contributed by atoms with Gasteiger partial charge in [-0.3, -0.25) is 0 Å². The average Bonchev–Trinajstić information content (AvgIpc) is 2.90. The predicted octanol–water partition coefficient (Wildman–Crippen LogP) is 4.71. The van der Waals surface area contributed by atoms with Gasteiger partial charge in [-0.25, -0.2) is 0 Å². The van der Waals surface area contributed by atoms with Gasteiger partial charge in [0, 0.05) is 15.6 Å². The molecule has 1 nitrogen and oxygen atoms in total. The normalized spacial score (nSPS) is 12.7. The molecular formula is C18H19NS. The predicted molar refractivity (Wildman–Crippen MR) is 88.5 cm³/mol. The smallest absolute Gasteiger partial charge is 0.0453 e. The lowest BCUT2D eigenvalue weighted by Gasteiger charge is -2.16. The Hall–Kier alpha value is -1.64. The van der Waals surface area contributed by atoms with E-state index in [2.05, 4.69) is 66.8 Å². The van der Waals surface area contributed by atoms with Gasteiger partial charge in [0.25, 0.3) is 0 Å². The van der Waals surface area contributed by atoms with Crippen LogP contribution in [0.4, 0.5) is 0 Å². The van der Waals surface area contributed by atoms with Crippen molar-refractivity contribution >= 4 is 21.4 Å². The van der Waals surface area contributed by atoms with Crippen LogP contribution in [0.5, 0.6) is 0 Å². The standard InChI is InChI=1S/C18H19NS/c1-13-7-3-4-8-14(13)11-16(19-2)18-12-15-9-5-6-10-17(15)20-18/h3-10,12,16,19H,11H2,1-2H3.